The van der Waals surface area contributed by atoms with Crippen LogP contribution < -0.4 is 9.54 Å². The highest BCUT2D eigenvalue weighted by Gasteiger charge is 2.33. The third-order valence-corrected chi connectivity index (χ3v) is 8.72. The average Bonchev–Trinajstić information content (AvgIpc) is 3.19. The van der Waals surface area contributed by atoms with Crippen molar-refractivity contribution in [3.8, 4) is 5.75 Å². The number of nitrogens with zero attached hydrogens (tertiary/aromatic N) is 3. The summed E-state index contributed by atoms with van der Waals surface area (Å²) in [6, 6.07) is 10.2. The predicted octanol–water partition coefficient (Wildman–Crippen LogP) is 2.55. The first kappa shape index (κ1) is 25.0. The number of sulfonamides is 1. The molecule has 1 aliphatic rings. The number of benzene rings is 2. The van der Waals surface area contributed by atoms with E-state index in [9.17, 15) is 22.4 Å². The molecule has 1 atom stereocenters. The van der Waals surface area contributed by atoms with Crippen LogP contribution in [0.15, 0.2) is 52.4 Å². The molecule has 1 aromatic heterocycles. The van der Waals surface area contributed by atoms with Crippen LogP contribution in [0.25, 0.3) is 10.2 Å². The molecule has 0 saturated carbocycles. The minimum Gasteiger partial charge on any atom is -0.497 e. The summed E-state index contributed by atoms with van der Waals surface area (Å²) in [6.07, 6.45) is 0.981. The Morgan fingerprint density at radius 1 is 1.17 bits per heavy atom. The molecule has 0 N–H and O–H groups in total. The number of carbonyl (C=O) groups excluding carboxylic acids is 2. The summed E-state index contributed by atoms with van der Waals surface area (Å²) in [5.74, 6) is -1.60. The largest absolute Gasteiger partial charge is 0.497 e. The summed E-state index contributed by atoms with van der Waals surface area (Å²) in [7, 11) is -1.06. The van der Waals surface area contributed by atoms with Crippen molar-refractivity contribution in [1.29, 1.82) is 0 Å². The Labute approximate surface area is 205 Å². The van der Waals surface area contributed by atoms with Gasteiger partial charge in [0.2, 0.25) is 10.0 Å². The fraction of sp³-hybridized carbons (Fsp3) is 0.348. The fourth-order valence-electron chi connectivity index (χ4n) is 3.92. The predicted molar refractivity (Wildman–Crippen MR) is 127 cm³/mol. The van der Waals surface area contributed by atoms with Gasteiger partial charge < -0.3 is 14.0 Å². The summed E-state index contributed by atoms with van der Waals surface area (Å²) in [5.41, 5.74) is 0.542. The summed E-state index contributed by atoms with van der Waals surface area (Å²) in [4.78, 5) is 29.6. The van der Waals surface area contributed by atoms with Crippen LogP contribution in [0.1, 0.15) is 12.8 Å². The van der Waals surface area contributed by atoms with Gasteiger partial charge in [-0.2, -0.15) is 9.30 Å². The fourth-order valence-corrected chi connectivity index (χ4v) is 6.51. The molecular weight excluding hydrogens is 497 g/mol. The Kier molecular flexibility index (Phi) is 7.33. The quantitative estimate of drug-likeness (QED) is 0.462. The maximum atomic E-state index is 13.7. The van der Waals surface area contributed by atoms with E-state index in [4.69, 9.17) is 9.47 Å². The molecule has 1 fully saturated rings. The van der Waals surface area contributed by atoms with Gasteiger partial charge in [0, 0.05) is 13.1 Å². The standard InChI is InChI=1S/C23H24FN3O6S2/c1-32-17-6-8-18(9-7-17)35(30,31)26-11-3-4-15(13-26)22(29)25-23-27(14-21(28)33-2)19-10-5-16(24)12-20(19)34-23/h5-10,12,15H,3-4,11,13-14H2,1-2H3. The van der Waals surface area contributed by atoms with Crippen molar-refractivity contribution in [3.63, 3.8) is 0 Å². The van der Waals surface area contributed by atoms with Crippen molar-refractivity contribution in [2.24, 2.45) is 10.9 Å². The zero-order valence-electron chi connectivity index (χ0n) is 19.1. The summed E-state index contributed by atoms with van der Waals surface area (Å²) < 4.78 is 53.1. The highest BCUT2D eigenvalue weighted by atomic mass is 32.2. The van der Waals surface area contributed by atoms with E-state index in [0.29, 0.717) is 35.4 Å². The van der Waals surface area contributed by atoms with Crippen LogP contribution in [-0.2, 0) is 30.9 Å². The molecule has 2 heterocycles. The first-order chi connectivity index (χ1) is 16.7. The molecule has 0 bridgehead atoms. The van der Waals surface area contributed by atoms with Gasteiger partial charge in [-0.25, -0.2) is 12.8 Å². The number of thiazole rings is 1. The van der Waals surface area contributed by atoms with E-state index in [1.165, 1.54) is 53.4 Å². The second-order valence-electron chi connectivity index (χ2n) is 7.99. The van der Waals surface area contributed by atoms with Crippen molar-refractivity contribution < 1.29 is 31.9 Å². The number of hydrogen-bond acceptors (Lipinski definition) is 7. The molecule has 0 aliphatic carbocycles. The Hall–Kier alpha value is -3.09. The third-order valence-electron chi connectivity index (χ3n) is 5.80. The molecule has 0 spiro atoms. The molecule has 35 heavy (non-hydrogen) atoms. The van der Waals surface area contributed by atoms with Gasteiger partial charge in [0.25, 0.3) is 5.91 Å². The van der Waals surface area contributed by atoms with Gasteiger partial charge >= 0.3 is 5.97 Å². The molecule has 1 amide bonds. The van der Waals surface area contributed by atoms with E-state index >= 15 is 0 Å². The highest BCUT2D eigenvalue weighted by molar-refractivity contribution is 7.89. The van der Waals surface area contributed by atoms with Crippen molar-refractivity contribution in [2.75, 3.05) is 27.3 Å². The van der Waals surface area contributed by atoms with Crippen molar-refractivity contribution in [3.05, 3.63) is 53.1 Å². The Bertz CT molecular complexity index is 1430. The zero-order valence-corrected chi connectivity index (χ0v) is 20.8. The van der Waals surface area contributed by atoms with Gasteiger partial charge in [0.15, 0.2) is 4.80 Å². The van der Waals surface area contributed by atoms with Gasteiger partial charge in [0.05, 0.1) is 35.2 Å². The van der Waals surface area contributed by atoms with E-state index < -0.39 is 33.6 Å². The van der Waals surface area contributed by atoms with Crippen LogP contribution in [0.2, 0.25) is 0 Å². The van der Waals surface area contributed by atoms with Gasteiger partial charge in [-0.3, -0.25) is 9.59 Å². The van der Waals surface area contributed by atoms with Crippen LogP contribution >= 0.6 is 11.3 Å². The number of rotatable bonds is 6. The third kappa shape index (κ3) is 5.29. The first-order valence-corrected chi connectivity index (χ1v) is 13.1. The minimum absolute atomic E-state index is 0.00673. The number of carbonyl (C=O) groups is 2. The minimum atomic E-state index is -3.80. The number of hydrogen-bond donors (Lipinski definition) is 0. The topological polar surface area (TPSA) is 107 Å². The van der Waals surface area contributed by atoms with E-state index in [1.54, 1.807) is 12.1 Å². The monoisotopic (exact) mass is 521 g/mol. The van der Waals surface area contributed by atoms with Crippen molar-refractivity contribution >= 4 is 43.5 Å². The molecule has 1 aliphatic heterocycles. The van der Waals surface area contributed by atoms with E-state index in [-0.39, 0.29) is 22.8 Å². The molecule has 4 rings (SSSR count). The Morgan fingerprint density at radius 3 is 2.60 bits per heavy atom. The van der Waals surface area contributed by atoms with Gasteiger partial charge in [0.1, 0.15) is 18.1 Å². The maximum absolute atomic E-state index is 13.7. The SMILES string of the molecule is COC(=O)Cn1c(=NC(=O)C2CCCN(S(=O)(=O)c3ccc(OC)cc3)C2)sc2cc(F)ccc21. The van der Waals surface area contributed by atoms with Crippen LogP contribution in [0.3, 0.4) is 0 Å². The number of methoxy groups -OCH3 is 2. The average molecular weight is 522 g/mol. The lowest BCUT2D eigenvalue weighted by Crippen LogP contribution is -2.42. The number of esters is 1. The van der Waals surface area contributed by atoms with Crippen LogP contribution in [0.5, 0.6) is 5.75 Å². The lowest BCUT2D eigenvalue weighted by molar-refractivity contribution is -0.141. The van der Waals surface area contributed by atoms with E-state index in [2.05, 4.69) is 4.99 Å². The smallest absolute Gasteiger partial charge is 0.325 e. The van der Waals surface area contributed by atoms with Gasteiger partial charge in [-0.1, -0.05) is 11.3 Å². The zero-order chi connectivity index (χ0) is 25.2. The molecule has 1 unspecified atom stereocenters. The number of ether oxygens (including phenoxy) is 2. The van der Waals surface area contributed by atoms with Crippen molar-refractivity contribution in [2.45, 2.75) is 24.3 Å². The lowest BCUT2D eigenvalue weighted by Gasteiger charge is -2.30. The molecular formula is C23H24FN3O6S2. The van der Waals surface area contributed by atoms with E-state index in [0.717, 1.165) is 11.3 Å². The maximum Gasteiger partial charge on any atom is 0.325 e. The molecule has 9 nitrogen and oxygen atoms in total. The summed E-state index contributed by atoms with van der Waals surface area (Å²) in [5, 5.41) is 0. The summed E-state index contributed by atoms with van der Waals surface area (Å²) in [6.45, 7) is 0.0900. The Balaban J connectivity index is 1.62. The van der Waals surface area contributed by atoms with E-state index in [1.807, 2.05) is 0 Å². The number of aromatic nitrogens is 1. The van der Waals surface area contributed by atoms with Crippen LogP contribution in [0, 0.1) is 11.7 Å². The van der Waals surface area contributed by atoms with Gasteiger partial charge in [-0.05, 0) is 55.3 Å². The molecule has 1 saturated heterocycles. The van der Waals surface area contributed by atoms with Crippen LogP contribution in [0.4, 0.5) is 4.39 Å². The molecule has 0 radical (unpaired) electrons. The normalized spacial score (nSPS) is 17.5. The van der Waals surface area contributed by atoms with Crippen molar-refractivity contribution in [1.82, 2.24) is 8.87 Å². The number of amides is 1. The highest BCUT2D eigenvalue weighted by Crippen LogP contribution is 2.26. The molecule has 186 valence electrons. The molecule has 12 heteroatoms. The summed E-state index contributed by atoms with van der Waals surface area (Å²) >= 11 is 1.07. The number of fused-ring (bicyclic) bond motifs is 1. The van der Waals surface area contributed by atoms with Crippen LogP contribution in [-0.4, -0.2) is 56.5 Å². The second kappa shape index (κ2) is 10.3. The Morgan fingerprint density at radius 2 is 1.91 bits per heavy atom. The first-order valence-electron chi connectivity index (χ1n) is 10.8. The second-order valence-corrected chi connectivity index (χ2v) is 10.9. The van der Waals surface area contributed by atoms with Gasteiger partial charge in [-0.15, -0.1) is 0 Å². The number of halogens is 1. The lowest BCUT2D eigenvalue weighted by atomic mass is 9.99. The molecule has 2 aromatic carbocycles. The molecule has 3 aromatic rings. The number of piperidine rings is 1.